The molecule has 5 nitrogen and oxygen atoms in total. The van der Waals surface area contributed by atoms with Crippen LogP contribution in [-0.2, 0) is 4.79 Å². The smallest absolute Gasteiger partial charge is 0.248 e. The van der Waals surface area contributed by atoms with E-state index in [1.54, 1.807) is 12.1 Å². The number of ether oxygens (including phenoxy) is 3. The summed E-state index contributed by atoms with van der Waals surface area (Å²) in [6.45, 7) is 3.61. The van der Waals surface area contributed by atoms with Crippen LogP contribution in [0.25, 0.3) is 5.57 Å². The van der Waals surface area contributed by atoms with Gasteiger partial charge in [0.25, 0.3) is 0 Å². The van der Waals surface area contributed by atoms with E-state index in [2.05, 4.69) is 6.58 Å². The van der Waals surface area contributed by atoms with Crippen molar-refractivity contribution in [1.82, 2.24) is 0 Å². The van der Waals surface area contributed by atoms with Gasteiger partial charge in [0.2, 0.25) is 11.7 Å². The second-order valence-corrected chi connectivity index (χ2v) is 3.22. The average Bonchev–Trinajstić information content (AvgIpc) is 2.35. The van der Waals surface area contributed by atoms with Gasteiger partial charge < -0.3 is 19.9 Å². The van der Waals surface area contributed by atoms with Crippen molar-refractivity contribution in [2.45, 2.75) is 0 Å². The lowest BCUT2D eigenvalue weighted by Gasteiger charge is -2.15. The van der Waals surface area contributed by atoms with Gasteiger partial charge in [0.1, 0.15) is 0 Å². The zero-order valence-corrected chi connectivity index (χ0v) is 10.1. The van der Waals surface area contributed by atoms with Gasteiger partial charge in [-0.25, -0.2) is 0 Å². The maximum absolute atomic E-state index is 11.1. The highest BCUT2D eigenvalue weighted by atomic mass is 16.5. The molecule has 0 spiro atoms. The van der Waals surface area contributed by atoms with Gasteiger partial charge in [-0.2, -0.15) is 0 Å². The lowest BCUT2D eigenvalue weighted by atomic mass is 10.0. The molecule has 2 N–H and O–H groups in total. The number of hydrogen-bond donors (Lipinski definition) is 1. The molecule has 0 unspecified atom stereocenters. The van der Waals surface area contributed by atoms with E-state index >= 15 is 0 Å². The van der Waals surface area contributed by atoms with Crippen LogP contribution < -0.4 is 19.9 Å². The molecule has 1 aromatic carbocycles. The van der Waals surface area contributed by atoms with Gasteiger partial charge in [-0.15, -0.1) is 0 Å². The van der Waals surface area contributed by atoms with E-state index in [0.717, 1.165) is 0 Å². The van der Waals surface area contributed by atoms with Gasteiger partial charge in [-0.05, 0) is 12.1 Å². The monoisotopic (exact) mass is 237 g/mol. The lowest BCUT2D eigenvalue weighted by Crippen LogP contribution is -2.13. The third-order valence-corrected chi connectivity index (χ3v) is 2.33. The molecule has 0 atom stereocenters. The fourth-order valence-corrected chi connectivity index (χ4v) is 1.47. The number of amides is 1. The molecule has 0 aromatic heterocycles. The van der Waals surface area contributed by atoms with Crippen LogP contribution >= 0.6 is 0 Å². The number of primary amides is 1. The number of benzene rings is 1. The Morgan fingerprint density at radius 2 is 1.71 bits per heavy atom. The predicted octanol–water partition coefficient (Wildman–Crippen LogP) is 1.21. The number of rotatable bonds is 5. The molecule has 0 aliphatic heterocycles. The second kappa shape index (κ2) is 5.25. The van der Waals surface area contributed by atoms with Crippen molar-refractivity contribution in [3.05, 3.63) is 24.3 Å². The van der Waals surface area contributed by atoms with Gasteiger partial charge in [0.05, 0.1) is 21.3 Å². The van der Waals surface area contributed by atoms with E-state index in [4.69, 9.17) is 19.9 Å². The Morgan fingerprint density at radius 3 is 2.12 bits per heavy atom. The maximum Gasteiger partial charge on any atom is 0.248 e. The molecule has 92 valence electrons. The van der Waals surface area contributed by atoms with Crippen LogP contribution in [0, 0.1) is 0 Å². The molecule has 0 radical (unpaired) electrons. The van der Waals surface area contributed by atoms with E-state index in [9.17, 15) is 4.79 Å². The van der Waals surface area contributed by atoms with Crippen LogP contribution in [0.5, 0.6) is 17.2 Å². The molecular weight excluding hydrogens is 222 g/mol. The quantitative estimate of drug-likeness (QED) is 0.781. The number of carbonyl (C=O) groups is 1. The zero-order valence-electron chi connectivity index (χ0n) is 10.1. The summed E-state index contributed by atoms with van der Waals surface area (Å²) in [4.78, 5) is 11.1. The summed E-state index contributed by atoms with van der Waals surface area (Å²) in [5.74, 6) is 0.659. The standard InChI is InChI=1S/C12H15NO4/c1-7(12(13)14)8-5-6-9(15-2)11(17-4)10(8)16-3/h5-6H,1H2,2-4H3,(H2,13,14). The van der Waals surface area contributed by atoms with Crippen LogP contribution in [0.2, 0.25) is 0 Å². The van der Waals surface area contributed by atoms with E-state index in [-0.39, 0.29) is 5.57 Å². The Hall–Kier alpha value is -2.17. The van der Waals surface area contributed by atoms with Crippen LogP contribution in [0.4, 0.5) is 0 Å². The summed E-state index contributed by atoms with van der Waals surface area (Å²) < 4.78 is 15.5. The van der Waals surface area contributed by atoms with Gasteiger partial charge in [-0.3, -0.25) is 4.79 Å². The molecule has 17 heavy (non-hydrogen) atoms. The first-order valence-corrected chi connectivity index (χ1v) is 4.84. The highest BCUT2D eigenvalue weighted by Gasteiger charge is 2.19. The van der Waals surface area contributed by atoms with Crippen molar-refractivity contribution in [2.75, 3.05) is 21.3 Å². The van der Waals surface area contributed by atoms with Crippen LogP contribution in [0.3, 0.4) is 0 Å². The maximum atomic E-state index is 11.1. The first-order chi connectivity index (χ1) is 8.06. The molecular formula is C12H15NO4. The number of hydrogen-bond acceptors (Lipinski definition) is 4. The molecule has 0 saturated heterocycles. The number of methoxy groups -OCH3 is 3. The number of nitrogens with two attached hydrogens (primary N) is 1. The minimum atomic E-state index is -0.615. The van der Waals surface area contributed by atoms with Crippen LogP contribution in [0.15, 0.2) is 18.7 Å². The van der Waals surface area contributed by atoms with E-state index in [0.29, 0.717) is 22.8 Å². The molecule has 0 fully saturated rings. The highest BCUT2D eigenvalue weighted by molar-refractivity contribution is 6.18. The fourth-order valence-electron chi connectivity index (χ4n) is 1.47. The molecule has 0 bridgehead atoms. The lowest BCUT2D eigenvalue weighted by molar-refractivity contribution is -0.112. The topological polar surface area (TPSA) is 70.8 Å². The molecule has 1 rings (SSSR count). The molecule has 0 aliphatic carbocycles. The van der Waals surface area contributed by atoms with Crippen LogP contribution in [0.1, 0.15) is 5.56 Å². The minimum Gasteiger partial charge on any atom is -0.493 e. The van der Waals surface area contributed by atoms with Gasteiger partial charge in [0, 0.05) is 11.1 Å². The molecule has 0 aliphatic rings. The fraction of sp³-hybridized carbons (Fsp3) is 0.250. The summed E-state index contributed by atoms with van der Waals surface area (Å²) >= 11 is 0. The summed E-state index contributed by atoms with van der Waals surface area (Å²) in [7, 11) is 4.46. The Balaban J connectivity index is 3.43. The van der Waals surface area contributed by atoms with Crippen molar-refractivity contribution < 1.29 is 19.0 Å². The van der Waals surface area contributed by atoms with E-state index in [1.807, 2.05) is 0 Å². The average molecular weight is 237 g/mol. The Morgan fingerprint density at radius 1 is 1.12 bits per heavy atom. The number of carbonyl (C=O) groups excluding carboxylic acids is 1. The Kier molecular flexibility index (Phi) is 3.98. The third-order valence-electron chi connectivity index (χ3n) is 2.33. The molecule has 0 heterocycles. The minimum absolute atomic E-state index is 0.155. The molecule has 1 aromatic rings. The molecule has 5 heteroatoms. The van der Waals surface area contributed by atoms with Crippen molar-refractivity contribution in [3.8, 4) is 17.2 Å². The van der Waals surface area contributed by atoms with Crippen LogP contribution in [-0.4, -0.2) is 27.2 Å². The first kappa shape index (κ1) is 12.9. The summed E-state index contributed by atoms with van der Waals surface area (Å²) in [6, 6.07) is 3.30. The SMILES string of the molecule is C=C(C(N)=O)c1ccc(OC)c(OC)c1OC. The largest absolute Gasteiger partial charge is 0.493 e. The normalized spacial score (nSPS) is 9.59. The van der Waals surface area contributed by atoms with Crippen molar-refractivity contribution in [2.24, 2.45) is 5.73 Å². The Bertz CT molecular complexity index is 454. The zero-order chi connectivity index (χ0) is 13.0. The summed E-state index contributed by atoms with van der Waals surface area (Å²) in [5, 5.41) is 0. The second-order valence-electron chi connectivity index (χ2n) is 3.22. The predicted molar refractivity (Wildman–Crippen MR) is 64.3 cm³/mol. The molecule has 0 saturated carbocycles. The molecule has 1 amide bonds. The van der Waals surface area contributed by atoms with E-state index < -0.39 is 5.91 Å². The Labute approximate surface area is 99.8 Å². The third kappa shape index (κ3) is 2.33. The first-order valence-electron chi connectivity index (χ1n) is 4.84. The van der Waals surface area contributed by atoms with Crippen molar-refractivity contribution in [3.63, 3.8) is 0 Å². The summed E-state index contributed by atoms with van der Waals surface area (Å²) in [5.41, 5.74) is 5.83. The van der Waals surface area contributed by atoms with Crippen molar-refractivity contribution >= 4 is 11.5 Å². The van der Waals surface area contributed by atoms with Crippen molar-refractivity contribution in [1.29, 1.82) is 0 Å². The highest BCUT2D eigenvalue weighted by Crippen LogP contribution is 2.41. The van der Waals surface area contributed by atoms with Gasteiger partial charge >= 0.3 is 0 Å². The summed E-state index contributed by atoms with van der Waals surface area (Å²) in [6.07, 6.45) is 0. The van der Waals surface area contributed by atoms with E-state index in [1.165, 1.54) is 21.3 Å². The van der Waals surface area contributed by atoms with Gasteiger partial charge in [0.15, 0.2) is 11.5 Å². The van der Waals surface area contributed by atoms with Gasteiger partial charge in [-0.1, -0.05) is 6.58 Å².